The summed E-state index contributed by atoms with van der Waals surface area (Å²) in [5, 5.41) is 8.72. The van der Waals surface area contributed by atoms with Gasteiger partial charge in [-0.05, 0) is 44.2 Å². The number of aliphatic hydroxyl groups is 1. The minimum Gasteiger partial charge on any atom is -0.395 e. The Bertz CT molecular complexity index is 535. The first kappa shape index (κ1) is 16.0. The van der Waals surface area contributed by atoms with Gasteiger partial charge in [-0.1, -0.05) is 11.8 Å². The largest absolute Gasteiger partial charge is 0.395 e. The van der Waals surface area contributed by atoms with E-state index in [1.165, 1.54) is 6.07 Å². The number of likely N-dealkylation sites (N-methyl/N-ethyl adjacent to an activating group) is 1. The predicted octanol–water partition coefficient (Wildman–Crippen LogP) is 2.17. The lowest BCUT2D eigenvalue weighted by molar-refractivity contribution is 0.0814. The first-order valence-electron chi connectivity index (χ1n) is 7.31. The van der Waals surface area contributed by atoms with Gasteiger partial charge in [0.2, 0.25) is 0 Å². The zero-order valence-electron chi connectivity index (χ0n) is 12.6. The highest BCUT2D eigenvalue weighted by Crippen LogP contribution is 2.20. The number of hydrogen-bond acceptors (Lipinski definition) is 3. The van der Waals surface area contributed by atoms with Crippen molar-refractivity contribution in [3.8, 4) is 11.8 Å². The number of ether oxygens (including phenoxy) is 1. The Hall–Kier alpha value is -1.41. The molecule has 0 aromatic heterocycles. The summed E-state index contributed by atoms with van der Waals surface area (Å²) in [5.41, 5.74) is 1.56. The van der Waals surface area contributed by atoms with Crippen LogP contribution in [-0.4, -0.2) is 42.4 Å². The smallest absolute Gasteiger partial charge is 0.124 e. The summed E-state index contributed by atoms with van der Waals surface area (Å²) in [6.07, 6.45) is 1.63. The highest BCUT2D eigenvalue weighted by Gasteiger charge is 2.27. The lowest BCUT2D eigenvalue weighted by Gasteiger charge is -2.26. The second-order valence-electron chi connectivity index (χ2n) is 5.47. The van der Waals surface area contributed by atoms with E-state index >= 15 is 0 Å². The Morgan fingerprint density at radius 3 is 2.90 bits per heavy atom. The number of benzene rings is 1. The highest BCUT2D eigenvalue weighted by atomic mass is 19.1. The zero-order chi connectivity index (χ0) is 15.2. The Labute approximate surface area is 125 Å². The van der Waals surface area contributed by atoms with Gasteiger partial charge in [0.25, 0.3) is 0 Å². The molecule has 0 spiro atoms. The third kappa shape index (κ3) is 4.53. The average molecular weight is 291 g/mol. The summed E-state index contributed by atoms with van der Waals surface area (Å²) in [4.78, 5) is 2.21. The molecule has 2 unspecified atom stereocenters. The molecule has 1 aliphatic heterocycles. The van der Waals surface area contributed by atoms with Crippen LogP contribution in [0.15, 0.2) is 18.2 Å². The van der Waals surface area contributed by atoms with Crippen molar-refractivity contribution in [1.82, 2.24) is 4.90 Å². The summed E-state index contributed by atoms with van der Waals surface area (Å²) >= 11 is 0. The van der Waals surface area contributed by atoms with Crippen molar-refractivity contribution in [2.75, 3.05) is 20.3 Å². The number of nitrogens with zero attached hydrogens (tertiary/aromatic N) is 1. The first-order chi connectivity index (χ1) is 10.1. The van der Waals surface area contributed by atoms with Crippen molar-refractivity contribution in [3.05, 3.63) is 35.1 Å². The van der Waals surface area contributed by atoms with Crippen molar-refractivity contribution in [2.24, 2.45) is 0 Å². The van der Waals surface area contributed by atoms with Crippen molar-refractivity contribution in [3.63, 3.8) is 0 Å². The van der Waals surface area contributed by atoms with E-state index in [0.717, 1.165) is 18.6 Å². The molecule has 0 radical (unpaired) electrons. The monoisotopic (exact) mass is 291 g/mol. The predicted molar refractivity (Wildman–Crippen MR) is 80.3 cm³/mol. The molecule has 1 saturated heterocycles. The molecular weight excluding hydrogens is 269 g/mol. The Balaban J connectivity index is 2.07. The molecular formula is C17H22FNO2. The van der Waals surface area contributed by atoms with E-state index < -0.39 is 0 Å². The number of halogens is 1. The van der Waals surface area contributed by atoms with Gasteiger partial charge in [0.05, 0.1) is 12.7 Å². The van der Waals surface area contributed by atoms with Gasteiger partial charge in [-0.2, -0.15) is 0 Å². The van der Waals surface area contributed by atoms with Crippen LogP contribution in [0.4, 0.5) is 4.39 Å². The summed E-state index contributed by atoms with van der Waals surface area (Å²) in [6, 6.07) is 5.26. The van der Waals surface area contributed by atoms with E-state index in [9.17, 15) is 4.39 Å². The molecule has 1 aromatic rings. The summed E-state index contributed by atoms with van der Waals surface area (Å²) in [6.45, 7) is 3.56. The molecule has 1 heterocycles. The van der Waals surface area contributed by atoms with Gasteiger partial charge in [-0.25, -0.2) is 4.39 Å². The van der Waals surface area contributed by atoms with Gasteiger partial charge in [0.1, 0.15) is 5.82 Å². The van der Waals surface area contributed by atoms with Gasteiger partial charge in [-0.15, -0.1) is 0 Å². The van der Waals surface area contributed by atoms with Crippen LogP contribution in [0, 0.1) is 17.7 Å². The van der Waals surface area contributed by atoms with Gasteiger partial charge >= 0.3 is 0 Å². The zero-order valence-corrected chi connectivity index (χ0v) is 12.6. The van der Waals surface area contributed by atoms with Crippen LogP contribution in [0.3, 0.4) is 0 Å². The second kappa shape index (κ2) is 7.56. The van der Waals surface area contributed by atoms with Crippen LogP contribution in [0.25, 0.3) is 0 Å². The van der Waals surface area contributed by atoms with E-state index in [0.29, 0.717) is 24.6 Å². The third-order valence-electron chi connectivity index (χ3n) is 3.76. The minimum atomic E-state index is -0.273. The molecule has 1 N–H and O–H groups in total. The summed E-state index contributed by atoms with van der Waals surface area (Å²) in [7, 11) is 2.04. The van der Waals surface area contributed by atoms with Crippen LogP contribution in [0.2, 0.25) is 0 Å². The molecule has 2 rings (SSSR count). The van der Waals surface area contributed by atoms with Crippen LogP contribution >= 0.6 is 0 Å². The molecule has 0 aliphatic carbocycles. The number of hydrogen-bond donors (Lipinski definition) is 1. The molecule has 2 atom stereocenters. The normalized spacial score (nSPS) is 21.4. The quantitative estimate of drug-likeness (QED) is 0.863. The molecule has 21 heavy (non-hydrogen) atoms. The SMILES string of the molecule is CC1OCCC1N(C)Cc1cc(F)cc(C#CCCO)c1. The fraction of sp³-hybridized carbons (Fsp3) is 0.529. The van der Waals surface area contributed by atoms with E-state index in [4.69, 9.17) is 9.84 Å². The summed E-state index contributed by atoms with van der Waals surface area (Å²) in [5.74, 6) is 5.43. The topological polar surface area (TPSA) is 32.7 Å². The highest BCUT2D eigenvalue weighted by molar-refractivity contribution is 5.37. The maximum atomic E-state index is 13.7. The standard InChI is InChI=1S/C17H22FNO2/c1-13-17(6-8-21-13)19(2)12-15-9-14(5-3-4-7-20)10-16(18)11-15/h9-11,13,17,20H,4,6-8,12H2,1-2H3. The average Bonchev–Trinajstić information content (AvgIpc) is 2.85. The molecule has 4 heteroatoms. The van der Waals surface area contributed by atoms with E-state index in [1.54, 1.807) is 6.07 Å². The van der Waals surface area contributed by atoms with E-state index in [2.05, 4.69) is 23.7 Å². The van der Waals surface area contributed by atoms with Crippen molar-refractivity contribution in [2.45, 2.75) is 38.5 Å². The Morgan fingerprint density at radius 1 is 1.43 bits per heavy atom. The van der Waals surface area contributed by atoms with Crippen LogP contribution in [0.1, 0.15) is 30.9 Å². The lowest BCUT2D eigenvalue weighted by atomic mass is 10.1. The second-order valence-corrected chi connectivity index (χ2v) is 5.47. The molecule has 1 aromatic carbocycles. The molecule has 1 fully saturated rings. The lowest BCUT2D eigenvalue weighted by Crippen LogP contribution is -2.36. The van der Waals surface area contributed by atoms with Gasteiger partial charge < -0.3 is 9.84 Å². The fourth-order valence-electron chi connectivity index (χ4n) is 2.74. The fourth-order valence-corrected chi connectivity index (χ4v) is 2.74. The van der Waals surface area contributed by atoms with Crippen molar-refractivity contribution >= 4 is 0 Å². The molecule has 114 valence electrons. The molecule has 0 amide bonds. The van der Waals surface area contributed by atoms with Gasteiger partial charge in [0.15, 0.2) is 0 Å². The van der Waals surface area contributed by atoms with Crippen LogP contribution in [-0.2, 0) is 11.3 Å². The first-order valence-corrected chi connectivity index (χ1v) is 7.31. The Kier molecular flexibility index (Phi) is 5.75. The molecule has 3 nitrogen and oxygen atoms in total. The van der Waals surface area contributed by atoms with Crippen LogP contribution in [0.5, 0.6) is 0 Å². The Morgan fingerprint density at radius 2 is 2.24 bits per heavy atom. The molecule has 0 saturated carbocycles. The minimum absolute atomic E-state index is 0.0253. The van der Waals surface area contributed by atoms with Gasteiger partial charge in [-0.3, -0.25) is 4.90 Å². The van der Waals surface area contributed by atoms with E-state index in [1.807, 2.05) is 13.1 Å². The van der Waals surface area contributed by atoms with Gasteiger partial charge in [0, 0.05) is 31.2 Å². The van der Waals surface area contributed by atoms with Crippen LogP contribution < -0.4 is 0 Å². The third-order valence-corrected chi connectivity index (χ3v) is 3.76. The van der Waals surface area contributed by atoms with Crippen molar-refractivity contribution in [1.29, 1.82) is 0 Å². The summed E-state index contributed by atoms with van der Waals surface area (Å²) < 4.78 is 19.3. The molecule has 1 aliphatic rings. The van der Waals surface area contributed by atoms with Crippen molar-refractivity contribution < 1.29 is 14.2 Å². The number of rotatable bonds is 4. The number of aliphatic hydroxyl groups excluding tert-OH is 1. The maximum absolute atomic E-state index is 13.7. The molecule has 0 bridgehead atoms. The maximum Gasteiger partial charge on any atom is 0.124 e. The van der Waals surface area contributed by atoms with E-state index in [-0.39, 0.29) is 18.5 Å².